The van der Waals surface area contributed by atoms with E-state index < -0.39 is 0 Å². The molecule has 2 unspecified atom stereocenters. The Hall–Kier alpha value is -2.31. The number of hydrogen-bond donors (Lipinski definition) is 3. The van der Waals surface area contributed by atoms with Crippen molar-refractivity contribution in [3.05, 3.63) is 58.9 Å². The Kier molecular flexibility index (Phi) is 8.34. The molecule has 162 valence electrons. The maximum absolute atomic E-state index is 6.17. The van der Waals surface area contributed by atoms with E-state index in [0.29, 0.717) is 0 Å². The summed E-state index contributed by atoms with van der Waals surface area (Å²) >= 11 is 6.17. The number of benzene rings is 1. The molecule has 30 heavy (non-hydrogen) atoms. The van der Waals surface area contributed by atoms with Gasteiger partial charge in [-0.3, -0.25) is 15.4 Å². The van der Waals surface area contributed by atoms with E-state index in [0.717, 1.165) is 55.7 Å². The zero-order chi connectivity index (χ0) is 21.3. The number of aromatic nitrogens is 1. The van der Waals surface area contributed by atoms with Gasteiger partial charge in [-0.1, -0.05) is 23.7 Å². The Morgan fingerprint density at radius 3 is 2.53 bits per heavy atom. The van der Waals surface area contributed by atoms with Crippen LogP contribution in [0.15, 0.2) is 52.6 Å². The number of hydrazine groups is 1. The lowest BCUT2D eigenvalue weighted by Gasteiger charge is -2.31. The topological polar surface area (TPSA) is 67.8 Å². The molecule has 3 rings (SSSR count). The van der Waals surface area contributed by atoms with Gasteiger partial charge in [-0.2, -0.15) is 0 Å². The number of H-pyrrole nitrogens is 1. The Labute approximate surface area is 184 Å². The molecule has 3 N–H and O–H groups in total. The van der Waals surface area contributed by atoms with E-state index in [2.05, 4.69) is 64.7 Å². The van der Waals surface area contributed by atoms with Gasteiger partial charge in [-0.15, -0.1) is 0 Å². The van der Waals surface area contributed by atoms with Crippen molar-refractivity contribution >= 4 is 23.3 Å². The van der Waals surface area contributed by atoms with Crippen molar-refractivity contribution in [1.82, 2.24) is 20.7 Å². The maximum Gasteiger partial charge on any atom is 0.208 e. The second-order valence-electron chi connectivity index (χ2n) is 7.35. The van der Waals surface area contributed by atoms with Crippen LogP contribution in [0.1, 0.15) is 50.8 Å². The summed E-state index contributed by atoms with van der Waals surface area (Å²) in [5.74, 6) is 0.939. The van der Waals surface area contributed by atoms with Gasteiger partial charge in [0.1, 0.15) is 0 Å². The van der Waals surface area contributed by atoms with Gasteiger partial charge in [0.2, 0.25) is 5.96 Å². The van der Waals surface area contributed by atoms with Crippen molar-refractivity contribution in [2.75, 3.05) is 26.2 Å². The van der Waals surface area contributed by atoms with E-state index in [4.69, 9.17) is 16.6 Å². The average molecular weight is 429 g/mol. The first-order valence-corrected chi connectivity index (χ1v) is 11.3. The third-order valence-corrected chi connectivity index (χ3v) is 5.75. The molecule has 0 bridgehead atoms. The fraction of sp³-hybridized carbons (Fsp3) is 0.478. The Morgan fingerprint density at radius 2 is 1.97 bits per heavy atom. The van der Waals surface area contributed by atoms with Gasteiger partial charge in [0.25, 0.3) is 0 Å². The molecule has 2 aromatic rings. The summed E-state index contributed by atoms with van der Waals surface area (Å²) in [4.78, 5) is 15.1. The fourth-order valence-corrected chi connectivity index (χ4v) is 4.09. The van der Waals surface area contributed by atoms with E-state index in [9.17, 15) is 0 Å². The van der Waals surface area contributed by atoms with Crippen LogP contribution in [0.2, 0.25) is 5.02 Å². The largest absolute Gasteiger partial charge is 0.364 e. The zero-order valence-corrected chi connectivity index (χ0v) is 18.9. The Bertz CT molecular complexity index is 824. The molecule has 1 aliphatic heterocycles. The molecule has 7 heteroatoms. The molecule has 0 amide bonds. The molecule has 0 aliphatic carbocycles. The predicted octanol–water partition coefficient (Wildman–Crippen LogP) is 4.22. The molecule has 2 atom stereocenters. The first-order chi connectivity index (χ1) is 14.7. The van der Waals surface area contributed by atoms with Crippen LogP contribution < -0.4 is 10.9 Å². The van der Waals surface area contributed by atoms with Crippen LogP contribution in [0.5, 0.6) is 0 Å². The van der Waals surface area contributed by atoms with Gasteiger partial charge in [0.15, 0.2) is 0 Å². The Balaban J connectivity index is 1.94. The zero-order valence-electron chi connectivity index (χ0n) is 18.2. The van der Waals surface area contributed by atoms with E-state index >= 15 is 0 Å². The van der Waals surface area contributed by atoms with Gasteiger partial charge in [-0.05, 0) is 63.4 Å². The lowest BCUT2D eigenvalue weighted by molar-refractivity contribution is 0.419. The fourth-order valence-electron chi connectivity index (χ4n) is 3.97. The van der Waals surface area contributed by atoms with Crippen LogP contribution in [0, 0.1) is 0 Å². The average Bonchev–Trinajstić information content (AvgIpc) is 3.47. The van der Waals surface area contributed by atoms with Crippen molar-refractivity contribution in [2.24, 2.45) is 9.98 Å². The highest BCUT2D eigenvalue weighted by Crippen LogP contribution is 2.30. The van der Waals surface area contributed by atoms with Crippen molar-refractivity contribution < 1.29 is 0 Å². The summed E-state index contributed by atoms with van der Waals surface area (Å²) in [6.45, 7) is 9.74. The van der Waals surface area contributed by atoms with Crippen molar-refractivity contribution in [2.45, 2.75) is 45.6 Å². The quantitative estimate of drug-likeness (QED) is 0.318. The van der Waals surface area contributed by atoms with Crippen LogP contribution in [0.3, 0.4) is 0 Å². The van der Waals surface area contributed by atoms with E-state index in [1.165, 1.54) is 11.3 Å². The van der Waals surface area contributed by atoms with E-state index in [-0.39, 0.29) is 12.0 Å². The SMILES string of the molecule is CCN=C(NNC(C1=NCCC1)C(c1ccc(Cl)cc1)c1ccc[nH]1)N(CC)CC. The first-order valence-electron chi connectivity index (χ1n) is 10.9. The molecule has 0 radical (unpaired) electrons. The highest BCUT2D eigenvalue weighted by Gasteiger charge is 2.31. The second-order valence-corrected chi connectivity index (χ2v) is 7.78. The third-order valence-electron chi connectivity index (χ3n) is 5.49. The van der Waals surface area contributed by atoms with Gasteiger partial charge < -0.3 is 9.88 Å². The first kappa shape index (κ1) is 22.4. The summed E-state index contributed by atoms with van der Waals surface area (Å²) in [6, 6.07) is 12.3. The molecule has 1 aliphatic rings. The standard InChI is InChI=1S/C23H33ClN6/c1-4-25-23(30(5-2)6-3)29-28-22(20-10-8-16-27-20)21(19-9-7-15-26-19)17-11-13-18(24)14-12-17/h7,9,11-15,21-22,26,28H,4-6,8,10,16H2,1-3H3,(H,25,29). The van der Waals surface area contributed by atoms with Crippen LogP contribution in [0.25, 0.3) is 0 Å². The molecular formula is C23H33ClN6. The predicted molar refractivity (Wildman–Crippen MR) is 127 cm³/mol. The number of nitrogens with one attached hydrogen (secondary N) is 3. The Morgan fingerprint density at radius 1 is 1.20 bits per heavy atom. The minimum atomic E-state index is -0.00931. The molecule has 1 aromatic heterocycles. The summed E-state index contributed by atoms with van der Waals surface area (Å²) in [5.41, 5.74) is 10.5. The normalized spacial score (nSPS) is 16.3. The summed E-state index contributed by atoms with van der Waals surface area (Å²) in [5, 5.41) is 0.740. The number of guanidine groups is 1. The van der Waals surface area contributed by atoms with E-state index in [1.807, 2.05) is 24.4 Å². The summed E-state index contributed by atoms with van der Waals surface area (Å²) < 4.78 is 0. The molecule has 0 saturated carbocycles. The molecular weight excluding hydrogens is 396 g/mol. The smallest absolute Gasteiger partial charge is 0.208 e. The monoisotopic (exact) mass is 428 g/mol. The van der Waals surface area contributed by atoms with Crippen LogP contribution in [-0.4, -0.2) is 53.8 Å². The maximum atomic E-state index is 6.17. The van der Waals surface area contributed by atoms with Crippen LogP contribution in [0.4, 0.5) is 0 Å². The highest BCUT2D eigenvalue weighted by atomic mass is 35.5. The number of nitrogens with zero attached hydrogens (tertiary/aromatic N) is 3. The molecule has 0 fully saturated rings. The van der Waals surface area contributed by atoms with Crippen molar-refractivity contribution in [1.29, 1.82) is 0 Å². The van der Waals surface area contributed by atoms with Gasteiger partial charge in [0, 0.05) is 54.7 Å². The number of hydrogen-bond acceptors (Lipinski definition) is 3. The van der Waals surface area contributed by atoms with E-state index in [1.54, 1.807) is 0 Å². The van der Waals surface area contributed by atoms with Gasteiger partial charge in [0.05, 0.1) is 6.04 Å². The summed E-state index contributed by atoms with van der Waals surface area (Å²) in [7, 11) is 0. The number of halogens is 1. The lowest BCUT2D eigenvalue weighted by Crippen LogP contribution is -2.55. The molecule has 0 saturated heterocycles. The molecule has 6 nitrogen and oxygen atoms in total. The van der Waals surface area contributed by atoms with Gasteiger partial charge in [-0.25, -0.2) is 5.43 Å². The minimum Gasteiger partial charge on any atom is -0.364 e. The molecule has 2 heterocycles. The van der Waals surface area contributed by atoms with Crippen molar-refractivity contribution in [3.8, 4) is 0 Å². The van der Waals surface area contributed by atoms with Crippen LogP contribution in [-0.2, 0) is 0 Å². The highest BCUT2D eigenvalue weighted by molar-refractivity contribution is 6.30. The summed E-state index contributed by atoms with van der Waals surface area (Å²) in [6.07, 6.45) is 4.06. The second kappa shape index (κ2) is 11.2. The third kappa shape index (κ3) is 5.43. The molecule has 0 spiro atoms. The van der Waals surface area contributed by atoms with Crippen LogP contribution >= 0.6 is 11.6 Å². The van der Waals surface area contributed by atoms with Gasteiger partial charge >= 0.3 is 0 Å². The number of aromatic amines is 1. The number of aliphatic imine (C=N–C) groups is 2. The van der Waals surface area contributed by atoms with Crippen molar-refractivity contribution in [3.63, 3.8) is 0 Å². The molecule has 1 aromatic carbocycles. The lowest BCUT2D eigenvalue weighted by atomic mass is 9.85. The minimum absolute atomic E-state index is 0.00931. The number of rotatable bonds is 9.